The SMILES string of the molecule is Cc1nc(CC(=O)Nc2ccccc2F)cs1. The molecule has 0 spiro atoms. The number of aryl methyl sites for hydroxylation is 1. The molecular weight excluding hydrogens is 239 g/mol. The Morgan fingerprint density at radius 1 is 1.47 bits per heavy atom. The van der Waals surface area contributed by atoms with Gasteiger partial charge in [-0.1, -0.05) is 12.1 Å². The minimum Gasteiger partial charge on any atom is -0.323 e. The fraction of sp³-hybridized carbons (Fsp3) is 0.167. The highest BCUT2D eigenvalue weighted by Crippen LogP contribution is 2.13. The smallest absolute Gasteiger partial charge is 0.230 e. The topological polar surface area (TPSA) is 42.0 Å². The Morgan fingerprint density at radius 3 is 2.88 bits per heavy atom. The van der Waals surface area contributed by atoms with E-state index in [1.54, 1.807) is 12.1 Å². The maximum absolute atomic E-state index is 13.3. The predicted molar refractivity (Wildman–Crippen MR) is 65.6 cm³/mol. The Kier molecular flexibility index (Phi) is 3.49. The molecule has 2 aromatic rings. The number of thiazole rings is 1. The zero-order valence-electron chi connectivity index (χ0n) is 9.24. The van der Waals surface area contributed by atoms with E-state index in [4.69, 9.17) is 0 Å². The van der Waals surface area contributed by atoms with Crippen molar-refractivity contribution in [3.05, 3.63) is 46.2 Å². The summed E-state index contributed by atoms with van der Waals surface area (Å²) in [6.45, 7) is 1.88. The van der Waals surface area contributed by atoms with E-state index < -0.39 is 5.82 Å². The van der Waals surface area contributed by atoms with E-state index >= 15 is 0 Å². The zero-order valence-corrected chi connectivity index (χ0v) is 10.1. The first kappa shape index (κ1) is 11.7. The number of aromatic nitrogens is 1. The van der Waals surface area contributed by atoms with Crippen LogP contribution in [-0.2, 0) is 11.2 Å². The van der Waals surface area contributed by atoms with Crippen molar-refractivity contribution in [3.63, 3.8) is 0 Å². The lowest BCUT2D eigenvalue weighted by Crippen LogP contribution is -2.15. The molecule has 0 saturated heterocycles. The molecule has 0 radical (unpaired) electrons. The van der Waals surface area contributed by atoms with Gasteiger partial charge in [0.15, 0.2) is 0 Å². The molecule has 0 aliphatic rings. The van der Waals surface area contributed by atoms with Crippen LogP contribution in [0.4, 0.5) is 10.1 Å². The molecule has 3 nitrogen and oxygen atoms in total. The number of halogens is 1. The van der Waals surface area contributed by atoms with Crippen LogP contribution in [0.5, 0.6) is 0 Å². The van der Waals surface area contributed by atoms with E-state index in [2.05, 4.69) is 10.3 Å². The molecule has 1 heterocycles. The first-order valence-corrected chi connectivity index (χ1v) is 5.98. The number of carbonyl (C=O) groups excluding carboxylic acids is 1. The second-order valence-corrected chi connectivity index (χ2v) is 4.62. The Labute approximate surface area is 102 Å². The third-order valence-corrected chi connectivity index (χ3v) is 2.98. The Bertz CT molecular complexity index is 539. The van der Waals surface area contributed by atoms with Gasteiger partial charge in [0.2, 0.25) is 5.91 Å². The number of nitrogens with zero attached hydrogens (tertiary/aromatic N) is 1. The normalized spacial score (nSPS) is 10.2. The molecule has 88 valence electrons. The van der Waals surface area contributed by atoms with E-state index in [1.807, 2.05) is 12.3 Å². The zero-order chi connectivity index (χ0) is 12.3. The Balaban J connectivity index is 2.01. The average Bonchev–Trinajstić information content (AvgIpc) is 2.67. The third-order valence-electron chi connectivity index (χ3n) is 2.16. The summed E-state index contributed by atoms with van der Waals surface area (Å²) < 4.78 is 13.3. The van der Waals surface area contributed by atoms with Gasteiger partial charge in [0.05, 0.1) is 22.8 Å². The summed E-state index contributed by atoms with van der Waals surface area (Å²) in [5.41, 5.74) is 0.908. The molecule has 1 aromatic heterocycles. The van der Waals surface area contributed by atoms with Gasteiger partial charge in [-0.15, -0.1) is 11.3 Å². The van der Waals surface area contributed by atoms with Crippen LogP contribution >= 0.6 is 11.3 Å². The monoisotopic (exact) mass is 250 g/mol. The van der Waals surface area contributed by atoms with Crippen molar-refractivity contribution in [1.29, 1.82) is 0 Å². The fourth-order valence-corrected chi connectivity index (χ4v) is 2.02. The molecule has 1 amide bonds. The van der Waals surface area contributed by atoms with Gasteiger partial charge in [-0.2, -0.15) is 0 Å². The van der Waals surface area contributed by atoms with Crippen molar-refractivity contribution >= 4 is 22.9 Å². The number of amides is 1. The minimum absolute atomic E-state index is 0.165. The van der Waals surface area contributed by atoms with Crippen molar-refractivity contribution in [2.75, 3.05) is 5.32 Å². The summed E-state index contributed by atoms with van der Waals surface area (Å²) in [6, 6.07) is 6.09. The van der Waals surface area contributed by atoms with Crippen LogP contribution in [0, 0.1) is 12.7 Å². The molecular formula is C12H11FN2OS. The van der Waals surface area contributed by atoms with Crippen LogP contribution in [0.3, 0.4) is 0 Å². The van der Waals surface area contributed by atoms with Gasteiger partial charge < -0.3 is 5.32 Å². The second-order valence-electron chi connectivity index (χ2n) is 3.56. The first-order chi connectivity index (χ1) is 8.15. The summed E-state index contributed by atoms with van der Waals surface area (Å²) in [7, 11) is 0. The van der Waals surface area contributed by atoms with Crippen LogP contribution in [0.2, 0.25) is 0 Å². The molecule has 0 bridgehead atoms. The van der Waals surface area contributed by atoms with Crippen molar-refractivity contribution in [1.82, 2.24) is 4.98 Å². The van der Waals surface area contributed by atoms with E-state index in [0.29, 0.717) is 5.69 Å². The number of benzene rings is 1. The lowest BCUT2D eigenvalue weighted by molar-refractivity contribution is -0.115. The van der Waals surface area contributed by atoms with Gasteiger partial charge in [-0.25, -0.2) is 9.37 Å². The molecule has 0 fully saturated rings. The summed E-state index contributed by atoms with van der Waals surface area (Å²) in [5.74, 6) is -0.698. The minimum atomic E-state index is -0.435. The highest BCUT2D eigenvalue weighted by atomic mass is 32.1. The van der Waals surface area contributed by atoms with Gasteiger partial charge in [0.1, 0.15) is 5.82 Å². The van der Waals surface area contributed by atoms with Crippen molar-refractivity contribution in [2.45, 2.75) is 13.3 Å². The number of para-hydroxylation sites is 1. The lowest BCUT2D eigenvalue weighted by Gasteiger charge is -2.04. The van der Waals surface area contributed by atoms with Gasteiger partial charge >= 0.3 is 0 Å². The van der Waals surface area contributed by atoms with E-state index in [0.717, 1.165) is 5.01 Å². The number of nitrogens with one attached hydrogen (secondary N) is 1. The molecule has 0 aliphatic carbocycles. The maximum atomic E-state index is 13.3. The molecule has 2 rings (SSSR count). The average molecular weight is 250 g/mol. The van der Waals surface area contributed by atoms with Crippen molar-refractivity contribution in [3.8, 4) is 0 Å². The number of hydrogen-bond donors (Lipinski definition) is 1. The number of anilines is 1. The second kappa shape index (κ2) is 5.05. The van der Waals surface area contributed by atoms with Gasteiger partial charge in [0.25, 0.3) is 0 Å². The van der Waals surface area contributed by atoms with Crippen LogP contribution in [0.15, 0.2) is 29.6 Å². The van der Waals surface area contributed by atoms with Crippen LogP contribution in [0.25, 0.3) is 0 Å². The number of hydrogen-bond acceptors (Lipinski definition) is 3. The van der Waals surface area contributed by atoms with E-state index in [1.165, 1.54) is 23.5 Å². The standard InChI is InChI=1S/C12H11FN2OS/c1-8-14-9(7-17-8)6-12(16)15-11-5-3-2-4-10(11)13/h2-5,7H,6H2,1H3,(H,15,16). The maximum Gasteiger partial charge on any atom is 0.230 e. The van der Waals surface area contributed by atoms with Crippen molar-refractivity contribution in [2.24, 2.45) is 0 Å². The van der Waals surface area contributed by atoms with Gasteiger partial charge in [0, 0.05) is 5.38 Å². The fourth-order valence-electron chi connectivity index (χ4n) is 1.41. The van der Waals surface area contributed by atoms with Crippen LogP contribution in [-0.4, -0.2) is 10.9 Å². The predicted octanol–water partition coefficient (Wildman–Crippen LogP) is 2.77. The Morgan fingerprint density at radius 2 is 2.24 bits per heavy atom. The van der Waals surface area contributed by atoms with Crippen LogP contribution < -0.4 is 5.32 Å². The van der Waals surface area contributed by atoms with Crippen molar-refractivity contribution < 1.29 is 9.18 Å². The lowest BCUT2D eigenvalue weighted by atomic mass is 10.2. The molecule has 0 unspecified atom stereocenters. The molecule has 5 heteroatoms. The highest BCUT2D eigenvalue weighted by Gasteiger charge is 2.08. The molecule has 0 aliphatic heterocycles. The number of rotatable bonds is 3. The molecule has 1 N–H and O–H groups in total. The molecule has 0 atom stereocenters. The molecule has 0 saturated carbocycles. The third kappa shape index (κ3) is 3.10. The largest absolute Gasteiger partial charge is 0.323 e. The van der Waals surface area contributed by atoms with E-state index in [9.17, 15) is 9.18 Å². The highest BCUT2D eigenvalue weighted by molar-refractivity contribution is 7.09. The summed E-state index contributed by atoms with van der Waals surface area (Å²) in [6.07, 6.45) is 0.165. The molecule has 17 heavy (non-hydrogen) atoms. The van der Waals surface area contributed by atoms with Gasteiger partial charge in [-0.3, -0.25) is 4.79 Å². The number of carbonyl (C=O) groups is 1. The summed E-state index contributed by atoms with van der Waals surface area (Å²) in [5, 5.41) is 5.26. The quantitative estimate of drug-likeness (QED) is 0.910. The van der Waals surface area contributed by atoms with Gasteiger partial charge in [-0.05, 0) is 19.1 Å². The summed E-state index contributed by atoms with van der Waals surface area (Å²) >= 11 is 1.49. The summed E-state index contributed by atoms with van der Waals surface area (Å²) in [4.78, 5) is 15.8. The molecule has 1 aromatic carbocycles. The van der Waals surface area contributed by atoms with E-state index in [-0.39, 0.29) is 18.0 Å². The first-order valence-electron chi connectivity index (χ1n) is 5.10. The van der Waals surface area contributed by atoms with Crippen LogP contribution in [0.1, 0.15) is 10.7 Å². The Hall–Kier alpha value is -1.75.